The summed E-state index contributed by atoms with van der Waals surface area (Å²) >= 11 is 0. The predicted molar refractivity (Wildman–Crippen MR) is 82.6 cm³/mol. The number of amidine groups is 1. The molecule has 3 N–H and O–H groups in total. The van der Waals surface area contributed by atoms with Gasteiger partial charge in [0.2, 0.25) is 0 Å². The Morgan fingerprint density at radius 1 is 1.53 bits per heavy atom. The molecule has 0 aliphatic rings. The minimum Gasteiger partial charge on any atom is -0.348 e. The van der Waals surface area contributed by atoms with Crippen LogP contribution in [0.4, 0.5) is 5.82 Å². The molecule has 0 unspecified atom stereocenters. The summed E-state index contributed by atoms with van der Waals surface area (Å²) in [4.78, 5) is 5.12. The summed E-state index contributed by atoms with van der Waals surface area (Å²) in [5.74, 6) is 1.33. The highest BCUT2D eigenvalue weighted by Gasteiger charge is 2.17. The third-order valence-electron chi connectivity index (χ3n) is 2.73. The number of hydrogen-bond donors (Lipinski definition) is 3. The van der Waals surface area contributed by atoms with Gasteiger partial charge in [0.15, 0.2) is 0 Å². The van der Waals surface area contributed by atoms with Crippen LogP contribution in [-0.2, 0) is 0 Å². The summed E-state index contributed by atoms with van der Waals surface area (Å²) in [5, 5.41) is 11.5. The lowest BCUT2D eigenvalue weighted by Gasteiger charge is -2.22. The molecule has 0 spiro atoms. The van der Waals surface area contributed by atoms with Gasteiger partial charge in [0.05, 0.1) is 5.56 Å². The molecule has 19 heavy (non-hydrogen) atoms. The van der Waals surface area contributed by atoms with E-state index < -0.39 is 0 Å². The topological polar surface area (TPSA) is 54.9 Å². The number of aryl methyl sites for hydroxylation is 1. The summed E-state index contributed by atoms with van der Waals surface area (Å²) in [7, 11) is 0. The van der Waals surface area contributed by atoms with Gasteiger partial charge < -0.3 is 15.2 Å². The number of hydrogen-bond acceptors (Lipinski definition) is 2. The molecule has 0 amide bonds. The number of aromatic nitrogens is 1. The van der Waals surface area contributed by atoms with E-state index >= 15 is 0 Å². The van der Waals surface area contributed by atoms with Crippen LogP contribution in [0.3, 0.4) is 0 Å². The SMILES string of the molecule is C=CNc1[nH]cc(C)c1C(=N)N(C=C(C)C)CCC. The summed E-state index contributed by atoms with van der Waals surface area (Å²) in [6.07, 6.45) is 6.55. The van der Waals surface area contributed by atoms with Crippen LogP contribution in [0, 0.1) is 12.3 Å². The quantitative estimate of drug-likeness (QED) is 0.537. The van der Waals surface area contributed by atoms with E-state index in [-0.39, 0.29) is 0 Å². The molecule has 0 radical (unpaired) electrons. The zero-order valence-corrected chi connectivity index (χ0v) is 12.3. The van der Waals surface area contributed by atoms with Gasteiger partial charge in [-0.2, -0.15) is 0 Å². The number of nitrogens with zero attached hydrogens (tertiary/aromatic N) is 1. The van der Waals surface area contributed by atoms with E-state index in [9.17, 15) is 0 Å². The van der Waals surface area contributed by atoms with E-state index in [1.54, 1.807) is 6.20 Å². The van der Waals surface area contributed by atoms with Gasteiger partial charge in [-0.1, -0.05) is 19.1 Å². The zero-order chi connectivity index (χ0) is 14.4. The normalized spacial score (nSPS) is 9.89. The molecule has 4 nitrogen and oxygen atoms in total. The molecule has 0 aliphatic heterocycles. The molecular weight excluding hydrogens is 236 g/mol. The van der Waals surface area contributed by atoms with Crippen LogP contribution >= 0.6 is 0 Å². The Morgan fingerprint density at radius 2 is 2.21 bits per heavy atom. The molecule has 104 valence electrons. The van der Waals surface area contributed by atoms with Crippen molar-refractivity contribution in [2.24, 2.45) is 0 Å². The highest BCUT2D eigenvalue weighted by Crippen LogP contribution is 2.21. The minimum atomic E-state index is 0.506. The van der Waals surface area contributed by atoms with Crippen molar-refractivity contribution in [1.29, 1.82) is 5.41 Å². The Kier molecular flexibility index (Phi) is 5.42. The van der Waals surface area contributed by atoms with Crippen molar-refractivity contribution in [3.63, 3.8) is 0 Å². The van der Waals surface area contributed by atoms with Crippen molar-refractivity contribution in [3.05, 3.63) is 41.9 Å². The van der Waals surface area contributed by atoms with Crippen LogP contribution in [0.1, 0.15) is 38.3 Å². The molecule has 0 aromatic carbocycles. The van der Waals surface area contributed by atoms with E-state index in [0.29, 0.717) is 5.84 Å². The fourth-order valence-corrected chi connectivity index (χ4v) is 1.98. The van der Waals surface area contributed by atoms with Crippen molar-refractivity contribution in [2.75, 3.05) is 11.9 Å². The van der Waals surface area contributed by atoms with Crippen LogP contribution in [-0.4, -0.2) is 22.3 Å². The van der Waals surface area contributed by atoms with E-state index in [2.05, 4.69) is 23.8 Å². The average molecular weight is 260 g/mol. The maximum absolute atomic E-state index is 8.45. The summed E-state index contributed by atoms with van der Waals surface area (Å²) in [5.41, 5.74) is 3.13. The second kappa shape index (κ2) is 6.83. The summed E-state index contributed by atoms with van der Waals surface area (Å²) in [6, 6.07) is 0. The molecule has 0 atom stereocenters. The number of anilines is 1. The van der Waals surface area contributed by atoms with Crippen molar-refractivity contribution >= 4 is 11.7 Å². The first-order valence-corrected chi connectivity index (χ1v) is 6.57. The van der Waals surface area contributed by atoms with Crippen molar-refractivity contribution in [1.82, 2.24) is 9.88 Å². The molecule has 1 aromatic rings. The highest BCUT2D eigenvalue weighted by atomic mass is 15.2. The van der Waals surface area contributed by atoms with E-state index in [4.69, 9.17) is 5.41 Å². The molecule has 0 fully saturated rings. The third-order valence-corrected chi connectivity index (χ3v) is 2.73. The third kappa shape index (κ3) is 3.74. The molecule has 0 saturated carbocycles. The maximum atomic E-state index is 8.45. The van der Waals surface area contributed by atoms with Crippen LogP contribution in [0.25, 0.3) is 0 Å². The summed E-state index contributed by atoms with van der Waals surface area (Å²) < 4.78 is 0. The van der Waals surface area contributed by atoms with Crippen LogP contribution < -0.4 is 5.32 Å². The Hall–Kier alpha value is -1.97. The Bertz CT molecular complexity index is 478. The predicted octanol–water partition coefficient (Wildman–Crippen LogP) is 3.84. The first kappa shape index (κ1) is 15.1. The van der Waals surface area contributed by atoms with E-state index in [0.717, 1.165) is 29.9 Å². The van der Waals surface area contributed by atoms with Crippen LogP contribution in [0.2, 0.25) is 0 Å². The van der Waals surface area contributed by atoms with Crippen molar-refractivity contribution in [3.8, 4) is 0 Å². The molecule has 1 aromatic heterocycles. The van der Waals surface area contributed by atoms with Crippen LogP contribution in [0.15, 0.2) is 30.7 Å². The Labute approximate surface area is 115 Å². The maximum Gasteiger partial charge on any atom is 0.136 e. The first-order valence-electron chi connectivity index (χ1n) is 6.57. The fourth-order valence-electron chi connectivity index (χ4n) is 1.98. The van der Waals surface area contributed by atoms with Crippen molar-refractivity contribution < 1.29 is 0 Å². The lowest BCUT2D eigenvalue weighted by molar-refractivity contribution is 0.541. The van der Waals surface area contributed by atoms with Gasteiger partial charge >= 0.3 is 0 Å². The number of rotatable bonds is 6. The van der Waals surface area contributed by atoms with Gasteiger partial charge in [0.25, 0.3) is 0 Å². The number of H-pyrrole nitrogens is 1. The minimum absolute atomic E-state index is 0.506. The number of allylic oxidation sites excluding steroid dienone is 1. The molecule has 1 heterocycles. The molecule has 1 rings (SSSR count). The van der Waals surface area contributed by atoms with E-state index in [1.807, 2.05) is 38.1 Å². The number of aromatic amines is 1. The monoisotopic (exact) mass is 260 g/mol. The second-order valence-corrected chi connectivity index (χ2v) is 4.82. The van der Waals surface area contributed by atoms with Gasteiger partial charge in [0, 0.05) is 18.9 Å². The standard InChI is InChI=1S/C15H24N4/c1-6-8-19(10-11(3)4)14(16)13-12(5)9-18-15(13)17-7-2/h7,9-10,16-18H,2,6,8H2,1,3-5H3. The average Bonchev–Trinajstić information content (AvgIpc) is 2.69. The first-order chi connectivity index (χ1) is 9.01. The fraction of sp³-hybridized carbons (Fsp3) is 0.400. The largest absolute Gasteiger partial charge is 0.348 e. The lowest BCUT2D eigenvalue weighted by atomic mass is 10.1. The highest BCUT2D eigenvalue weighted by molar-refractivity contribution is 6.03. The molecule has 0 bridgehead atoms. The van der Waals surface area contributed by atoms with Crippen LogP contribution in [0.5, 0.6) is 0 Å². The zero-order valence-electron chi connectivity index (χ0n) is 12.3. The van der Waals surface area contributed by atoms with E-state index in [1.165, 1.54) is 5.57 Å². The lowest BCUT2D eigenvalue weighted by Crippen LogP contribution is -2.27. The molecule has 0 saturated heterocycles. The van der Waals surface area contributed by atoms with Gasteiger partial charge in [-0.25, -0.2) is 0 Å². The molecular formula is C15H24N4. The molecule has 4 heteroatoms. The Balaban J connectivity index is 3.11. The van der Waals surface area contributed by atoms with Gasteiger partial charge in [0.1, 0.15) is 11.7 Å². The Morgan fingerprint density at radius 3 is 2.74 bits per heavy atom. The molecule has 0 aliphatic carbocycles. The number of nitrogens with one attached hydrogen (secondary N) is 3. The van der Waals surface area contributed by atoms with Crippen molar-refractivity contribution in [2.45, 2.75) is 34.1 Å². The van der Waals surface area contributed by atoms with Gasteiger partial charge in [-0.15, -0.1) is 0 Å². The second-order valence-electron chi connectivity index (χ2n) is 4.82. The van der Waals surface area contributed by atoms with Gasteiger partial charge in [-0.3, -0.25) is 5.41 Å². The van der Waals surface area contributed by atoms with Gasteiger partial charge in [-0.05, 0) is 39.0 Å². The smallest absolute Gasteiger partial charge is 0.136 e. The summed E-state index contributed by atoms with van der Waals surface area (Å²) in [6.45, 7) is 12.7.